The molecular weight excluding hydrogens is 186 g/mol. The number of amides is 1. The number of hydrogen-bond acceptors (Lipinski definition) is 1. The number of unbranched alkanes of at least 4 members (excludes halogenated alkanes) is 3. The monoisotopic (exact) mass is 213 g/mol. The molecule has 0 N–H and O–H groups in total. The Morgan fingerprint density at radius 3 is 1.93 bits per heavy atom. The average molecular weight is 213 g/mol. The minimum atomic E-state index is 0.316. The molecular formula is C13H27NO. The van der Waals surface area contributed by atoms with Crippen molar-refractivity contribution in [2.24, 2.45) is 0 Å². The lowest BCUT2D eigenvalue weighted by molar-refractivity contribution is -0.134. The molecule has 0 aromatic carbocycles. The SMILES string of the molecule is CCCCCCC(=O)N(C(C)C)C(C)C. The second-order valence-electron chi connectivity index (χ2n) is 4.80. The van der Waals surface area contributed by atoms with Crippen LogP contribution in [0.2, 0.25) is 0 Å². The Morgan fingerprint density at radius 1 is 1.00 bits per heavy atom. The van der Waals surface area contributed by atoms with Gasteiger partial charge >= 0.3 is 0 Å². The zero-order chi connectivity index (χ0) is 11.8. The maximum atomic E-state index is 11.9. The van der Waals surface area contributed by atoms with Gasteiger partial charge < -0.3 is 4.90 Å². The van der Waals surface area contributed by atoms with E-state index in [0.717, 1.165) is 12.8 Å². The zero-order valence-electron chi connectivity index (χ0n) is 11.0. The van der Waals surface area contributed by atoms with Gasteiger partial charge in [0.05, 0.1) is 0 Å². The molecule has 0 aliphatic carbocycles. The van der Waals surface area contributed by atoms with Crippen molar-refractivity contribution in [3.8, 4) is 0 Å². The molecule has 0 saturated heterocycles. The van der Waals surface area contributed by atoms with Gasteiger partial charge in [0.2, 0.25) is 5.91 Å². The van der Waals surface area contributed by atoms with E-state index in [9.17, 15) is 4.79 Å². The number of carbonyl (C=O) groups is 1. The van der Waals surface area contributed by atoms with E-state index in [1.807, 2.05) is 4.90 Å². The van der Waals surface area contributed by atoms with Gasteiger partial charge in [0.15, 0.2) is 0 Å². The normalized spacial score (nSPS) is 11.1. The highest BCUT2D eigenvalue weighted by Crippen LogP contribution is 2.11. The maximum Gasteiger partial charge on any atom is 0.223 e. The molecule has 0 aliphatic heterocycles. The lowest BCUT2D eigenvalue weighted by Gasteiger charge is -2.30. The van der Waals surface area contributed by atoms with Crippen LogP contribution in [0.3, 0.4) is 0 Å². The summed E-state index contributed by atoms with van der Waals surface area (Å²) < 4.78 is 0. The highest BCUT2D eigenvalue weighted by molar-refractivity contribution is 5.76. The van der Waals surface area contributed by atoms with Crippen LogP contribution < -0.4 is 0 Å². The first kappa shape index (κ1) is 14.5. The molecule has 0 spiro atoms. The fraction of sp³-hybridized carbons (Fsp3) is 0.923. The van der Waals surface area contributed by atoms with Crippen LogP contribution in [0.15, 0.2) is 0 Å². The third kappa shape index (κ3) is 5.81. The van der Waals surface area contributed by atoms with Gasteiger partial charge in [-0.2, -0.15) is 0 Å². The predicted octanol–water partition coefficient (Wildman–Crippen LogP) is 3.60. The van der Waals surface area contributed by atoms with E-state index < -0.39 is 0 Å². The van der Waals surface area contributed by atoms with Crippen molar-refractivity contribution >= 4 is 5.91 Å². The topological polar surface area (TPSA) is 20.3 Å². The molecule has 15 heavy (non-hydrogen) atoms. The fourth-order valence-corrected chi connectivity index (χ4v) is 2.00. The Bertz CT molecular complexity index is 167. The van der Waals surface area contributed by atoms with Gasteiger partial charge in [-0.15, -0.1) is 0 Å². The first-order valence-electron chi connectivity index (χ1n) is 6.31. The number of carbonyl (C=O) groups excluding carboxylic acids is 1. The van der Waals surface area contributed by atoms with Crippen molar-refractivity contribution < 1.29 is 4.79 Å². The summed E-state index contributed by atoms with van der Waals surface area (Å²) in [6, 6.07) is 0.646. The number of nitrogens with zero attached hydrogens (tertiary/aromatic N) is 1. The summed E-state index contributed by atoms with van der Waals surface area (Å²) in [7, 11) is 0. The van der Waals surface area contributed by atoms with Crippen LogP contribution in [0.5, 0.6) is 0 Å². The molecule has 0 aromatic rings. The molecule has 1 amide bonds. The van der Waals surface area contributed by atoms with Crippen molar-refractivity contribution in [2.45, 2.75) is 78.8 Å². The molecule has 0 bridgehead atoms. The van der Waals surface area contributed by atoms with Gasteiger partial charge in [0.1, 0.15) is 0 Å². The summed E-state index contributed by atoms with van der Waals surface area (Å²) in [6.07, 6.45) is 5.42. The highest BCUT2D eigenvalue weighted by atomic mass is 16.2. The van der Waals surface area contributed by atoms with Crippen LogP contribution in [0, 0.1) is 0 Å². The summed E-state index contributed by atoms with van der Waals surface area (Å²) in [5.41, 5.74) is 0. The lowest BCUT2D eigenvalue weighted by Crippen LogP contribution is -2.41. The molecule has 0 unspecified atom stereocenters. The third-order valence-electron chi connectivity index (χ3n) is 2.64. The maximum absolute atomic E-state index is 11.9. The molecule has 0 atom stereocenters. The molecule has 90 valence electrons. The molecule has 0 radical (unpaired) electrons. The molecule has 0 rings (SSSR count). The Kier molecular flexibility index (Phi) is 7.45. The Morgan fingerprint density at radius 2 is 1.53 bits per heavy atom. The van der Waals surface area contributed by atoms with Crippen molar-refractivity contribution in [3.63, 3.8) is 0 Å². The molecule has 2 nitrogen and oxygen atoms in total. The van der Waals surface area contributed by atoms with Crippen molar-refractivity contribution in [2.75, 3.05) is 0 Å². The fourth-order valence-electron chi connectivity index (χ4n) is 2.00. The van der Waals surface area contributed by atoms with Gasteiger partial charge in [-0.05, 0) is 34.1 Å². The van der Waals surface area contributed by atoms with Gasteiger partial charge in [0.25, 0.3) is 0 Å². The summed E-state index contributed by atoms with van der Waals surface area (Å²) in [5, 5.41) is 0. The quantitative estimate of drug-likeness (QED) is 0.592. The Balaban J connectivity index is 3.93. The molecule has 0 aliphatic rings. The van der Waals surface area contributed by atoms with Crippen LogP contribution in [0.4, 0.5) is 0 Å². The van der Waals surface area contributed by atoms with E-state index in [2.05, 4.69) is 34.6 Å². The first-order chi connectivity index (χ1) is 7.00. The summed E-state index contributed by atoms with van der Waals surface area (Å²) >= 11 is 0. The standard InChI is InChI=1S/C13H27NO/c1-6-7-8-9-10-13(15)14(11(2)3)12(4)5/h11-12H,6-10H2,1-5H3. The van der Waals surface area contributed by atoms with E-state index >= 15 is 0 Å². The van der Waals surface area contributed by atoms with Crippen LogP contribution >= 0.6 is 0 Å². The molecule has 2 heteroatoms. The lowest BCUT2D eigenvalue weighted by atomic mass is 10.1. The molecule has 0 heterocycles. The smallest absolute Gasteiger partial charge is 0.223 e. The van der Waals surface area contributed by atoms with Crippen LogP contribution in [-0.4, -0.2) is 22.9 Å². The summed E-state index contributed by atoms with van der Waals surface area (Å²) in [5.74, 6) is 0.316. The van der Waals surface area contributed by atoms with Crippen LogP contribution in [-0.2, 0) is 4.79 Å². The third-order valence-corrected chi connectivity index (χ3v) is 2.64. The van der Waals surface area contributed by atoms with E-state index in [0.29, 0.717) is 18.0 Å². The van der Waals surface area contributed by atoms with Crippen molar-refractivity contribution in [1.29, 1.82) is 0 Å². The van der Waals surface area contributed by atoms with E-state index in [4.69, 9.17) is 0 Å². The van der Waals surface area contributed by atoms with Crippen molar-refractivity contribution in [3.05, 3.63) is 0 Å². The zero-order valence-corrected chi connectivity index (χ0v) is 11.0. The summed E-state index contributed by atoms with van der Waals surface area (Å²) in [6.45, 7) is 10.5. The van der Waals surface area contributed by atoms with E-state index in [1.54, 1.807) is 0 Å². The predicted molar refractivity (Wildman–Crippen MR) is 65.9 cm³/mol. The Hall–Kier alpha value is -0.530. The largest absolute Gasteiger partial charge is 0.338 e. The first-order valence-corrected chi connectivity index (χ1v) is 6.31. The molecule has 0 aromatic heterocycles. The number of hydrogen-bond donors (Lipinski definition) is 0. The highest BCUT2D eigenvalue weighted by Gasteiger charge is 2.18. The van der Waals surface area contributed by atoms with Crippen LogP contribution in [0.25, 0.3) is 0 Å². The second-order valence-corrected chi connectivity index (χ2v) is 4.80. The van der Waals surface area contributed by atoms with Crippen LogP contribution in [0.1, 0.15) is 66.7 Å². The van der Waals surface area contributed by atoms with Gasteiger partial charge in [-0.3, -0.25) is 4.79 Å². The second kappa shape index (κ2) is 7.72. The average Bonchev–Trinajstić information content (AvgIpc) is 2.11. The van der Waals surface area contributed by atoms with Gasteiger partial charge in [0, 0.05) is 18.5 Å². The summed E-state index contributed by atoms with van der Waals surface area (Å²) in [4.78, 5) is 13.9. The van der Waals surface area contributed by atoms with E-state index in [1.165, 1.54) is 19.3 Å². The van der Waals surface area contributed by atoms with E-state index in [-0.39, 0.29) is 0 Å². The Labute approximate surface area is 95.0 Å². The van der Waals surface area contributed by atoms with Gasteiger partial charge in [-0.25, -0.2) is 0 Å². The number of rotatable bonds is 7. The van der Waals surface area contributed by atoms with Gasteiger partial charge in [-0.1, -0.05) is 26.2 Å². The molecule has 0 saturated carbocycles. The molecule has 0 fully saturated rings. The minimum Gasteiger partial charge on any atom is -0.338 e. The minimum absolute atomic E-state index is 0.316. The van der Waals surface area contributed by atoms with Crippen molar-refractivity contribution in [1.82, 2.24) is 4.90 Å².